The highest BCUT2D eigenvalue weighted by Gasteiger charge is 2.15. The maximum atomic E-state index is 12.3. The molecule has 0 saturated heterocycles. The van der Waals surface area contributed by atoms with Gasteiger partial charge in [-0.2, -0.15) is 0 Å². The van der Waals surface area contributed by atoms with Crippen molar-refractivity contribution in [2.24, 2.45) is 7.05 Å². The SMILES string of the molecule is Cc1ccc(NC(=O)Cc2nnc(SCC(=O)Nc3cc(Cl)ccc3Cl)n2C)cc1. The van der Waals surface area contributed by atoms with E-state index >= 15 is 0 Å². The van der Waals surface area contributed by atoms with Gasteiger partial charge in [0.1, 0.15) is 5.82 Å². The summed E-state index contributed by atoms with van der Waals surface area (Å²) in [5.41, 5.74) is 2.28. The van der Waals surface area contributed by atoms with Crippen molar-refractivity contribution in [1.82, 2.24) is 14.8 Å². The molecule has 3 rings (SSSR count). The molecule has 0 aliphatic carbocycles. The highest BCUT2D eigenvalue weighted by molar-refractivity contribution is 7.99. The maximum Gasteiger partial charge on any atom is 0.234 e. The maximum absolute atomic E-state index is 12.3. The van der Waals surface area contributed by atoms with Gasteiger partial charge in [0.15, 0.2) is 5.16 Å². The number of nitrogens with one attached hydrogen (secondary N) is 2. The lowest BCUT2D eigenvalue weighted by molar-refractivity contribution is -0.116. The molecule has 2 N–H and O–H groups in total. The van der Waals surface area contributed by atoms with Crippen molar-refractivity contribution in [3.63, 3.8) is 0 Å². The minimum atomic E-state index is -0.258. The molecule has 2 amide bonds. The zero-order chi connectivity index (χ0) is 21.7. The molecule has 0 aliphatic heterocycles. The summed E-state index contributed by atoms with van der Waals surface area (Å²) in [6, 6.07) is 12.4. The van der Waals surface area contributed by atoms with E-state index in [2.05, 4.69) is 20.8 Å². The number of aromatic nitrogens is 3. The number of carbonyl (C=O) groups excluding carboxylic acids is 2. The summed E-state index contributed by atoms with van der Waals surface area (Å²) in [5.74, 6) is 0.148. The molecule has 0 spiro atoms. The summed E-state index contributed by atoms with van der Waals surface area (Å²) >= 11 is 13.2. The van der Waals surface area contributed by atoms with Crippen LogP contribution in [0.4, 0.5) is 11.4 Å². The van der Waals surface area contributed by atoms with E-state index in [1.165, 1.54) is 11.8 Å². The molecule has 30 heavy (non-hydrogen) atoms. The van der Waals surface area contributed by atoms with E-state index in [0.717, 1.165) is 11.3 Å². The molecule has 3 aromatic rings. The minimum Gasteiger partial charge on any atom is -0.326 e. The third-order valence-electron chi connectivity index (χ3n) is 4.11. The van der Waals surface area contributed by atoms with Gasteiger partial charge in [0.05, 0.1) is 22.9 Å². The van der Waals surface area contributed by atoms with Crippen LogP contribution in [0, 0.1) is 6.92 Å². The molecule has 0 radical (unpaired) electrons. The molecule has 1 aromatic heterocycles. The molecule has 7 nitrogen and oxygen atoms in total. The molecule has 0 fully saturated rings. The van der Waals surface area contributed by atoms with Gasteiger partial charge in [-0.3, -0.25) is 9.59 Å². The summed E-state index contributed by atoms with van der Waals surface area (Å²) in [7, 11) is 1.75. The van der Waals surface area contributed by atoms with Gasteiger partial charge in [-0.25, -0.2) is 0 Å². The van der Waals surface area contributed by atoms with Gasteiger partial charge in [0, 0.05) is 17.8 Å². The highest BCUT2D eigenvalue weighted by atomic mass is 35.5. The zero-order valence-electron chi connectivity index (χ0n) is 16.3. The number of aryl methyl sites for hydroxylation is 1. The third kappa shape index (κ3) is 5.98. The minimum absolute atomic E-state index is 0.0717. The molecule has 2 aromatic carbocycles. The standard InChI is InChI=1S/C20H19Cl2N5O2S/c1-12-3-6-14(7-4-12)23-18(28)10-17-25-26-20(27(17)2)30-11-19(29)24-16-9-13(21)5-8-15(16)22/h3-9H,10-11H2,1-2H3,(H,23,28)(H,24,29). The Balaban J connectivity index is 1.54. The lowest BCUT2D eigenvalue weighted by Crippen LogP contribution is -2.17. The second kappa shape index (κ2) is 9.97. The number of benzene rings is 2. The number of nitrogens with zero attached hydrogens (tertiary/aromatic N) is 3. The average molecular weight is 464 g/mol. The first-order valence-electron chi connectivity index (χ1n) is 8.94. The van der Waals surface area contributed by atoms with Crippen LogP contribution in [0.15, 0.2) is 47.6 Å². The van der Waals surface area contributed by atoms with E-state index in [9.17, 15) is 9.59 Å². The van der Waals surface area contributed by atoms with Gasteiger partial charge >= 0.3 is 0 Å². The predicted octanol–water partition coefficient (Wildman–Crippen LogP) is 4.34. The number of hydrogen-bond acceptors (Lipinski definition) is 5. The summed E-state index contributed by atoms with van der Waals surface area (Å²) in [6.45, 7) is 1.98. The molecular formula is C20H19Cl2N5O2S. The molecule has 0 bridgehead atoms. The van der Waals surface area contributed by atoms with Crippen molar-refractivity contribution in [2.45, 2.75) is 18.5 Å². The highest BCUT2D eigenvalue weighted by Crippen LogP contribution is 2.26. The molecule has 0 unspecified atom stereocenters. The molecule has 0 atom stereocenters. The Kier molecular flexibility index (Phi) is 7.36. The zero-order valence-corrected chi connectivity index (χ0v) is 18.6. The van der Waals surface area contributed by atoms with E-state index in [4.69, 9.17) is 23.2 Å². The van der Waals surface area contributed by atoms with Gasteiger partial charge < -0.3 is 15.2 Å². The topological polar surface area (TPSA) is 88.9 Å². The number of halogens is 2. The average Bonchev–Trinajstić information content (AvgIpc) is 3.04. The van der Waals surface area contributed by atoms with Crippen LogP contribution in [-0.4, -0.2) is 32.3 Å². The van der Waals surface area contributed by atoms with Crippen LogP contribution < -0.4 is 10.6 Å². The Bertz CT molecular complexity index is 1070. The first kappa shape index (κ1) is 22.1. The Morgan fingerprint density at radius 1 is 1.03 bits per heavy atom. The van der Waals surface area contributed by atoms with E-state index in [1.807, 2.05) is 31.2 Å². The molecule has 1 heterocycles. The van der Waals surface area contributed by atoms with Crippen molar-refractivity contribution in [1.29, 1.82) is 0 Å². The molecular weight excluding hydrogens is 445 g/mol. The smallest absolute Gasteiger partial charge is 0.234 e. The van der Waals surface area contributed by atoms with Gasteiger partial charge in [-0.1, -0.05) is 52.7 Å². The Morgan fingerprint density at radius 3 is 2.50 bits per heavy atom. The van der Waals surface area contributed by atoms with Crippen LogP contribution in [-0.2, 0) is 23.1 Å². The van der Waals surface area contributed by atoms with E-state index in [1.54, 1.807) is 29.8 Å². The fourth-order valence-corrected chi connectivity index (χ4v) is 3.59. The number of thioether (sulfide) groups is 1. The summed E-state index contributed by atoms with van der Waals surface area (Å²) < 4.78 is 1.69. The van der Waals surface area contributed by atoms with E-state index < -0.39 is 0 Å². The Labute approximate surface area is 188 Å². The van der Waals surface area contributed by atoms with Gasteiger partial charge in [-0.15, -0.1) is 10.2 Å². The van der Waals surface area contributed by atoms with Crippen LogP contribution in [0.2, 0.25) is 10.0 Å². The van der Waals surface area contributed by atoms with Gasteiger partial charge in [-0.05, 0) is 37.3 Å². The molecule has 156 valence electrons. The first-order valence-corrected chi connectivity index (χ1v) is 10.7. The van der Waals surface area contributed by atoms with Crippen LogP contribution in [0.5, 0.6) is 0 Å². The van der Waals surface area contributed by atoms with E-state index in [-0.39, 0.29) is 24.0 Å². The van der Waals surface area contributed by atoms with Crippen LogP contribution in [0.3, 0.4) is 0 Å². The van der Waals surface area contributed by atoms with Crippen molar-refractivity contribution in [2.75, 3.05) is 16.4 Å². The number of rotatable bonds is 7. The normalized spacial score (nSPS) is 10.7. The van der Waals surface area contributed by atoms with Crippen LogP contribution in [0.25, 0.3) is 0 Å². The van der Waals surface area contributed by atoms with Crippen LogP contribution >= 0.6 is 35.0 Å². The van der Waals surface area contributed by atoms with Crippen LogP contribution in [0.1, 0.15) is 11.4 Å². The number of anilines is 2. The quantitative estimate of drug-likeness (QED) is 0.508. The van der Waals surface area contributed by atoms with Crippen molar-refractivity contribution >= 4 is 58.2 Å². The first-order chi connectivity index (χ1) is 14.3. The largest absolute Gasteiger partial charge is 0.326 e. The second-order valence-electron chi connectivity index (χ2n) is 6.51. The predicted molar refractivity (Wildman–Crippen MR) is 120 cm³/mol. The van der Waals surface area contributed by atoms with Gasteiger partial charge in [0.2, 0.25) is 11.8 Å². The summed E-state index contributed by atoms with van der Waals surface area (Å²) in [4.78, 5) is 24.5. The fourth-order valence-electron chi connectivity index (χ4n) is 2.52. The monoisotopic (exact) mass is 463 g/mol. The lowest BCUT2D eigenvalue weighted by atomic mass is 10.2. The third-order valence-corrected chi connectivity index (χ3v) is 5.70. The van der Waals surface area contributed by atoms with Crippen molar-refractivity contribution in [3.8, 4) is 0 Å². The molecule has 10 heteroatoms. The molecule has 0 saturated carbocycles. The lowest BCUT2D eigenvalue weighted by Gasteiger charge is -2.08. The summed E-state index contributed by atoms with van der Waals surface area (Å²) in [5, 5.41) is 15.1. The summed E-state index contributed by atoms with van der Waals surface area (Å²) in [6.07, 6.45) is 0.0717. The molecule has 0 aliphatic rings. The number of hydrogen-bond donors (Lipinski definition) is 2. The van der Waals surface area contributed by atoms with Gasteiger partial charge in [0.25, 0.3) is 0 Å². The Morgan fingerprint density at radius 2 is 1.77 bits per heavy atom. The number of amides is 2. The van der Waals surface area contributed by atoms with Crippen molar-refractivity contribution in [3.05, 3.63) is 63.9 Å². The second-order valence-corrected chi connectivity index (χ2v) is 8.30. The van der Waals surface area contributed by atoms with Crippen molar-refractivity contribution < 1.29 is 9.59 Å². The number of carbonyl (C=O) groups is 2. The fraction of sp³-hybridized carbons (Fsp3) is 0.200. The van der Waals surface area contributed by atoms with E-state index in [0.29, 0.717) is 26.7 Å². The Hall–Kier alpha value is -2.55.